The van der Waals surface area contributed by atoms with Crippen molar-refractivity contribution in [3.8, 4) is 0 Å². The Balaban J connectivity index is 2.22. The van der Waals surface area contributed by atoms with Crippen molar-refractivity contribution in [1.82, 2.24) is 0 Å². The molecular formula is C15H17ClN2. The number of anilines is 2. The molecule has 3 heteroatoms. The first-order valence-electron chi connectivity index (χ1n) is 5.88. The van der Waals surface area contributed by atoms with Crippen LogP contribution in [0.5, 0.6) is 0 Å². The van der Waals surface area contributed by atoms with E-state index >= 15 is 0 Å². The molecule has 0 radical (unpaired) electrons. The van der Waals surface area contributed by atoms with Crippen molar-refractivity contribution in [3.63, 3.8) is 0 Å². The van der Waals surface area contributed by atoms with Gasteiger partial charge < -0.3 is 10.6 Å². The van der Waals surface area contributed by atoms with Crippen LogP contribution in [0.4, 0.5) is 11.4 Å². The van der Waals surface area contributed by atoms with E-state index in [1.54, 1.807) is 0 Å². The van der Waals surface area contributed by atoms with Crippen LogP contribution in [-0.2, 0) is 6.54 Å². The van der Waals surface area contributed by atoms with Gasteiger partial charge in [0.25, 0.3) is 0 Å². The molecule has 94 valence electrons. The molecule has 2 rings (SSSR count). The Bertz CT molecular complexity index is 552. The molecule has 2 nitrogen and oxygen atoms in total. The Kier molecular flexibility index (Phi) is 3.78. The lowest BCUT2D eigenvalue weighted by Gasteiger charge is -2.22. The average Bonchev–Trinajstić information content (AvgIpc) is 2.32. The second kappa shape index (κ2) is 5.32. The van der Waals surface area contributed by atoms with Crippen LogP contribution in [0.25, 0.3) is 0 Å². The summed E-state index contributed by atoms with van der Waals surface area (Å²) < 4.78 is 0. The molecule has 0 atom stereocenters. The minimum atomic E-state index is 0.769. The summed E-state index contributed by atoms with van der Waals surface area (Å²) in [6.07, 6.45) is 0. The number of hydrogen-bond acceptors (Lipinski definition) is 2. The second-order valence-corrected chi connectivity index (χ2v) is 4.91. The molecule has 0 aliphatic carbocycles. The van der Waals surface area contributed by atoms with Crippen molar-refractivity contribution < 1.29 is 0 Å². The third-order valence-electron chi connectivity index (χ3n) is 3.07. The minimum Gasteiger partial charge on any atom is -0.398 e. The Morgan fingerprint density at radius 2 is 1.89 bits per heavy atom. The van der Waals surface area contributed by atoms with Gasteiger partial charge in [0.2, 0.25) is 0 Å². The van der Waals surface area contributed by atoms with Crippen LogP contribution in [0, 0.1) is 6.92 Å². The first-order chi connectivity index (χ1) is 8.58. The fraction of sp³-hybridized carbons (Fsp3) is 0.200. The average molecular weight is 261 g/mol. The zero-order valence-corrected chi connectivity index (χ0v) is 11.4. The summed E-state index contributed by atoms with van der Waals surface area (Å²) in [5, 5.41) is 0.769. The molecule has 2 aromatic rings. The van der Waals surface area contributed by atoms with E-state index in [9.17, 15) is 0 Å². The van der Waals surface area contributed by atoms with Gasteiger partial charge in [0.15, 0.2) is 0 Å². The van der Waals surface area contributed by atoms with Crippen LogP contribution >= 0.6 is 11.6 Å². The number of benzene rings is 2. The summed E-state index contributed by atoms with van der Waals surface area (Å²) in [6.45, 7) is 2.85. The maximum Gasteiger partial charge on any atom is 0.0426 e. The predicted molar refractivity (Wildman–Crippen MR) is 79.2 cm³/mol. The fourth-order valence-corrected chi connectivity index (χ4v) is 2.26. The summed E-state index contributed by atoms with van der Waals surface area (Å²) in [6, 6.07) is 13.9. The molecule has 0 aliphatic rings. The molecule has 2 aromatic carbocycles. The molecule has 0 saturated carbocycles. The van der Waals surface area contributed by atoms with Gasteiger partial charge in [0, 0.05) is 30.0 Å². The van der Waals surface area contributed by atoms with Crippen molar-refractivity contribution in [2.45, 2.75) is 13.5 Å². The number of nitrogens with zero attached hydrogens (tertiary/aromatic N) is 1. The molecule has 0 amide bonds. The molecule has 0 unspecified atom stereocenters. The quantitative estimate of drug-likeness (QED) is 0.849. The van der Waals surface area contributed by atoms with E-state index in [1.165, 1.54) is 5.56 Å². The molecule has 18 heavy (non-hydrogen) atoms. The molecule has 0 bridgehead atoms. The maximum absolute atomic E-state index is 5.99. The largest absolute Gasteiger partial charge is 0.398 e. The second-order valence-electron chi connectivity index (χ2n) is 4.48. The highest BCUT2D eigenvalue weighted by Gasteiger charge is 2.07. The van der Waals surface area contributed by atoms with Gasteiger partial charge in [-0.15, -0.1) is 0 Å². The zero-order valence-electron chi connectivity index (χ0n) is 10.7. The number of nitrogens with two attached hydrogens (primary N) is 1. The molecule has 0 saturated heterocycles. The highest BCUT2D eigenvalue weighted by molar-refractivity contribution is 6.30. The third kappa shape index (κ3) is 2.77. The summed E-state index contributed by atoms with van der Waals surface area (Å²) in [5.74, 6) is 0. The SMILES string of the molecule is Cc1c(N)cccc1N(C)Cc1cccc(Cl)c1. The van der Waals surface area contributed by atoms with Crippen LogP contribution in [-0.4, -0.2) is 7.05 Å². The van der Waals surface area contributed by atoms with Crippen molar-refractivity contribution in [3.05, 3.63) is 58.6 Å². The monoisotopic (exact) mass is 260 g/mol. The molecule has 0 aromatic heterocycles. The van der Waals surface area contributed by atoms with Gasteiger partial charge in [-0.1, -0.05) is 29.8 Å². The maximum atomic E-state index is 5.99. The Labute approximate surface area is 113 Å². The minimum absolute atomic E-state index is 0.769. The summed E-state index contributed by atoms with van der Waals surface area (Å²) in [7, 11) is 2.06. The fourth-order valence-electron chi connectivity index (χ4n) is 2.05. The topological polar surface area (TPSA) is 29.3 Å². The smallest absolute Gasteiger partial charge is 0.0426 e. The molecule has 2 N–H and O–H groups in total. The van der Waals surface area contributed by atoms with Gasteiger partial charge in [-0.25, -0.2) is 0 Å². The van der Waals surface area contributed by atoms with Crippen LogP contribution in [0.2, 0.25) is 5.02 Å². The Morgan fingerprint density at radius 1 is 1.17 bits per heavy atom. The van der Waals surface area contributed by atoms with Gasteiger partial charge in [0.05, 0.1) is 0 Å². The van der Waals surface area contributed by atoms with E-state index < -0.39 is 0 Å². The van der Waals surface area contributed by atoms with Gasteiger partial charge in [0.1, 0.15) is 0 Å². The van der Waals surface area contributed by atoms with Crippen LogP contribution in [0.1, 0.15) is 11.1 Å². The molecule has 0 aliphatic heterocycles. The number of nitrogen functional groups attached to an aromatic ring is 1. The normalized spacial score (nSPS) is 10.4. The summed E-state index contributed by atoms with van der Waals surface area (Å²) >= 11 is 5.99. The summed E-state index contributed by atoms with van der Waals surface area (Å²) in [5.41, 5.74) is 10.2. The number of hydrogen-bond donors (Lipinski definition) is 1. The van der Waals surface area contributed by atoms with Crippen LogP contribution in [0.3, 0.4) is 0 Å². The zero-order chi connectivity index (χ0) is 13.1. The van der Waals surface area contributed by atoms with E-state index in [1.807, 2.05) is 37.3 Å². The lowest BCUT2D eigenvalue weighted by Crippen LogP contribution is -2.17. The summed E-state index contributed by atoms with van der Waals surface area (Å²) in [4.78, 5) is 2.18. The highest BCUT2D eigenvalue weighted by Crippen LogP contribution is 2.25. The first-order valence-corrected chi connectivity index (χ1v) is 6.26. The van der Waals surface area contributed by atoms with Crippen molar-refractivity contribution >= 4 is 23.0 Å². The van der Waals surface area contributed by atoms with Gasteiger partial charge >= 0.3 is 0 Å². The van der Waals surface area contributed by atoms with Crippen molar-refractivity contribution in [2.24, 2.45) is 0 Å². The van der Waals surface area contributed by atoms with Gasteiger partial charge in [-0.3, -0.25) is 0 Å². The van der Waals surface area contributed by atoms with Gasteiger partial charge in [-0.2, -0.15) is 0 Å². The first kappa shape index (κ1) is 12.8. The van der Waals surface area contributed by atoms with Gasteiger partial charge in [-0.05, 0) is 42.3 Å². The van der Waals surface area contributed by atoms with E-state index in [0.717, 1.165) is 28.5 Å². The van der Waals surface area contributed by atoms with Crippen molar-refractivity contribution in [1.29, 1.82) is 0 Å². The predicted octanol–water partition coefficient (Wildman–Crippen LogP) is 3.87. The molecule has 0 spiro atoms. The third-order valence-corrected chi connectivity index (χ3v) is 3.30. The lowest BCUT2D eigenvalue weighted by molar-refractivity contribution is 0.918. The highest BCUT2D eigenvalue weighted by atomic mass is 35.5. The van der Waals surface area contributed by atoms with Crippen LogP contribution < -0.4 is 10.6 Å². The standard InChI is InChI=1S/C15H17ClN2/c1-11-14(17)7-4-8-15(11)18(2)10-12-5-3-6-13(16)9-12/h3-9H,10,17H2,1-2H3. The Morgan fingerprint density at radius 3 is 2.61 bits per heavy atom. The van der Waals surface area contributed by atoms with Crippen LogP contribution in [0.15, 0.2) is 42.5 Å². The number of halogens is 1. The molecule has 0 fully saturated rings. The Hall–Kier alpha value is -1.67. The van der Waals surface area contributed by atoms with E-state index in [0.29, 0.717) is 0 Å². The lowest BCUT2D eigenvalue weighted by atomic mass is 10.1. The molecular weight excluding hydrogens is 244 g/mol. The number of rotatable bonds is 3. The molecule has 0 heterocycles. The van der Waals surface area contributed by atoms with Crippen molar-refractivity contribution in [2.75, 3.05) is 17.7 Å². The van der Waals surface area contributed by atoms with E-state index in [2.05, 4.69) is 24.1 Å². The van der Waals surface area contributed by atoms with E-state index in [-0.39, 0.29) is 0 Å². The van der Waals surface area contributed by atoms with E-state index in [4.69, 9.17) is 17.3 Å².